The molecule has 0 saturated carbocycles. The number of nitrogens with zero attached hydrogens (tertiary/aromatic N) is 1. The van der Waals surface area contributed by atoms with E-state index in [1.54, 1.807) is 20.8 Å². The first kappa shape index (κ1) is 23.3. The zero-order chi connectivity index (χ0) is 21.2. The molecular formula is C20H30N2O6. The van der Waals surface area contributed by atoms with Crippen molar-refractivity contribution in [3.8, 4) is 0 Å². The minimum Gasteiger partial charge on any atom is -0.480 e. The summed E-state index contributed by atoms with van der Waals surface area (Å²) in [6.45, 7) is 5.70. The van der Waals surface area contributed by atoms with E-state index < -0.39 is 29.8 Å². The number of likely N-dealkylation sites (N-methyl/N-ethyl adjacent to an activating group) is 1. The molecule has 8 heteroatoms. The van der Waals surface area contributed by atoms with Gasteiger partial charge in [-0.2, -0.15) is 0 Å². The van der Waals surface area contributed by atoms with Crippen molar-refractivity contribution in [2.75, 3.05) is 13.6 Å². The normalized spacial score (nSPS) is 12.0. The Morgan fingerprint density at radius 2 is 1.79 bits per heavy atom. The van der Waals surface area contributed by atoms with Gasteiger partial charge in [0.05, 0.1) is 0 Å². The lowest BCUT2D eigenvalue weighted by molar-refractivity contribution is -0.143. The zero-order valence-corrected chi connectivity index (χ0v) is 16.9. The predicted octanol–water partition coefficient (Wildman–Crippen LogP) is 3.40. The Morgan fingerprint density at radius 1 is 1.14 bits per heavy atom. The molecule has 2 N–H and O–H groups in total. The fraction of sp³-hybridized carbons (Fsp3) is 0.550. The fourth-order valence-corrected chi connectivity index (χ4v) is 2.37. The first-order valence-electron chi connectivity index (χ1n) is 9.23. The summed E-state index contributed by atoms with van der Waals surface area (Å²) < 4.78 is 10.3. The molecule has 1 rings (SSSR count). The van der Waals surface area contributed by atoms with Crippen molar-refractivity contribution >= 4 is 18.2 Å². The largest absolute Gasteiger partial charge is 0.480 e. The second kappa shape index (κ2) is 11.2. The minimum absolute atomic E-state index is 0.189. The molecule has 2 amide bonds. The van der Waals surface area contributed by atoms with Crippen molar-refractivity contribution < 1.29 is 29.0 Å². The third-order valence-electron chi connectivity index (χ3n) is 3.82. The number of aliphatic carboxylic acids is 1. The highest BCUT2D eigenvalue weighted by Crippen LogP contribution is 2.14. The van der Waals surface area contributed by atoms with E-state index >= 15 is 0 Å². The Hall–Kier alpha value is -2.77. The molecule has 0 aliphatic heterocycles. The highest BCUT2D eigenvalue weighted by molar-refractivity contribution is 5.79. The number of carboxylic acids is 1. The second-order valence-electron chi connectivity index (χ2n) is 7.43. The van der Waals surface area contributed by atoms with Gasteiger partial charge in [-0.1, -0.05) is 30.3 Å². The van der Waals surface area contributed by atoms with Gasteiger partial charge in [-0.3, -0.25) is 4.90 Å². The van der Waals surface area contributed by atoms with Crippen LogP contribution in [0.5, 0.6) is 0 Å². The van der Waals surface area contributed by atoms with Gasteiger partial charge in [0.25, 0.3) is 0 Å². The molecule has 0 fully saturated rings. The summed E-state index contributed by atoms with van der Waals surface area (Å²) >= 11 is 0. The second-order valence-corrected chi connectivity index (χ2v) is 7.43. The van der Waals surface area contributed by atoms with Gasteiger partial charge in [0.1, 0.15) is 18.2 Å². The third-order valence-corrected chi connectivity index (χ3v) is 3.82. The van der Waals surface area contributed by atoms with Crippen molar-refractivity contribution in [2.45, 2.75) is 58.3 Å². The number of hydrogen-bond acceptors (Lipinski definition) is 5. The summed E-state index contributed by atoms with van der Waals surface area (Å²) in [4.78, 5) is 36.2. The molecule has 28 heavy (non-hydrogen) atoms. The number of rotatable bonds is 9. The molecule has 0 spiro atoms. The Balaban J connectivity index is 2.30. The topological polar surface area (TPSA) is 105 Å². The van der Waals surface area contributed by atoms with Crippen LogP contribution in [-0.4, -0.2) is 53.4 Å². The molecule has 156 valence electrons. The number of hydrogen-bond donors (Lipinski definition) is 2. The average Bonchev–Trinajstić information content (AvgIpc) is 2.61. The predicted molar refractivity (Wildman–Crippen MR) is 104 cm³/mol. The van der Waals surface area contributed by atoms with Crippen LogP contribution in [0.25, 0.3) is 0 Å². The van der Waals surface area contributed by atoms with E-state index in [1.807, 2.05) is 30.3 Å². The molecule has 0 radical (unpaired) electrons. The number of carbonyl (C=O) groups excluding carboxylic acids is 2. The van der Waals surface area contributed by atoms with Gasteiger partial charge in [0.15, 0.2) is 0 Å². The summed E-state index contributed by atoms with van der Waals surface area (Å²) in [6, 6.07) is 8.35. The van der Waals surface area contributed by atoms with Crippen LogP contribution < -0.4 is 5.32 Å². The lowest BCUT2D eigenvalue weighted by atomic mass is 10.1. The van der Waals surface area contributed by atoms with Gasteiger partial charge in [0.2, 0.25) is 0 Å². The fourth-order valence-electron chi connectivity index (χ4n) is 2.37. The van der Waals surface area contributed by atoms with Crippen molar-refractivity contribution in [3.05, 3.63) is 35.9 Å². The molecule has 8 nitrogen and oxygen atoms in total. The van der Waals surface area contributed by atoms with Crippen molar-refractivity contribution in [2.24, 2.45) is 0 Å². The van der Waals surface area contributed by atoms with E-state index in [1.165, 1.54) is 7.05 Å². The van der Waals surface area contributed by atoms with Crippen molar-refractivity contribution in [3.63, 3.8) is 0 Å². The maximum atomic E-state index is 12.0. The number of amides is 2. The number of carboxylic acid groups (broad SMARTS) is 1. The average molecular weight is 394 g/mol. The van der Waals surface area contributed by atoms with E-state index in [-0.39, 0.29) is 13.0 Å². The first-order chi connectivity index (χ1) is 13.1. The standard InChI is InChI=1S/C20H30N2O6/c1-20(2,3)28-19(26)22(4)16(17(23)24)12-8-9-13-21-18(25)27-14-15-10-6-5-7-11-15/h5-7,10-11,16H,8-9,12-14H2,1-4H3,(H,21,25)(H,23,24). The van der Waals surface area contributed by atoms with Crippen LogP contribution in [-0.2, 0) is 20.9 Å². The molecule has 0 aliphatic carbocycles. The summed E-state index contributed by atoms with van der Waals surface area (Å²) in [7, 11) is 1.41. The molecule has 1 atom stereocenters. The highest BCUT2D eigenvalue weighted by Gasteiger charge is 2.29. The summed E-state index contributed by atoms with van der Waals surface area (Å²) in [5, 5.41) is 12.0. The van der Waals surface area contributed by atoms with Crippen LogP contribution in [0.2, 0.25) is 0 Å². The number of ether oxygens (including phenoxy) is 2. The molecule has 0 aromatic heterocycles. The van der Waals surface area contributed by atoms with Gasteiger partial charge in [-0.05, 0) is 45.6 Å². The number of carbonyl (C=O) groups is 3. The summed E-state index contributed by atoms with van der Waals surface area (Å²) in [5.41, 5.74) is 0.199. The van der Waals surface area contributed by atoms with Crippen LogP contribution in [0.1, 0.15) is 45.6 Å². The van der Waals surface area contributed by atoms with Crippen LogP contribution in [0, 0.1) is 0 Å². The van der Waals surface area contributed by atoms with Gasteiger partial charge in [0, 0.05) is 13.6 Å². The Bertz CT molecular complexity index is 642. The Labute approximate surface area is 165 Å². The lowest BCUT2D eigenvalue weighted by Gasteiger charge is -2.28. The van der Waals surface area contributed by atoms with Crippen LogP contribution in [0.3, 0.4) is 0 Å². The molecule has 1 aromatic rings. The first-order valence-corrected chi connectivity index (χ1v) is 9.23. The zero-order valence-electron chi connectivity index (χ0n) is 16.9. The van der Waals surface area contributed by atoms with Crippen LogP contribution in [0.15, 0.2) is 30.3 Å². The smallest absolute Gasteiger partial charge is 0.410 e. The molecular weight excluding hydrogens is 364 g/mol. The van der Waals surface area contributed by atoms with Gasteiger partial charge >= 0.3 is 18.2 Å². The van der Waals surface area contributed by atoms with Crippen molar-refractivity contribution in [1.29, 1.82) is 0 Å². The Kier molecular flexibility index (Phi) is 9.27. The number of alkyl carbamates (subject to hydrolysis) is 1. The van der Waals surface area contributed by atoms with E-state index in [0.717, 1.165) is 10.5 Å². The van der Waals surface area contributed by atoms with Crippen molar-refractivity contribution in [1.82, 2.24) is 10.2 Å². The monoisotopic (exact) mass is 394 g/mol. The van der Waals surface area contributed by atoms with Crippen LogP contribution in [0.4, 0.5) is 9.59 Å². The maximum absolute atomic E-state index is 12.0. The molecule has 1 unspecified atom stereocenters. The number of unbranched alkanes of at least 4 members (excludes halogenated alkanes) is 1. The van der Waals surface area contributed by atoms with Gasteiger partial charge < -0.3 is 19.9 Å². The third kappa shape index (κ3) is 9.25. The Morgan fingerprint density at radius 3 is 2.36 bits per heavy atom. The van der Waals surface area contributed by atoms with E-state index in [2.05, 4.69) is 5.32 Å². The minimum atomic E-state index is -1.09. The summed E-state index contributed by atoms with van der Waals surface area (Å²) in [5.74, 6) is -1.09. The highest BCUT2D eigenvalue weighted by atomic mass is 16.6. The molecule has 0 saturated heterocycles. The van der Waals surface area contributed by atoms with E-state index in [0.29, 0.717) is 19.4 Å². The molecule has 0 heterocycles. The molecule has 0 bridgehead atoms. The SMILES string of the molecule is CN(C(=O)OC(C)(C)C)C(CCCCNC(=O)OCc1ccccc1)C(=O)O. The van der Waals surface area contributed by atoms with E-state index in [9.17, 15) is 19.5 Å². The number of nitrogens with one attached hydrogen (secondary N) is 1. The molecule has 1 aromatic carbocycles. The summed E-state index contributed by atoms with van der Waals surface area (Å²) in [6.07, 6.45) is 0.133. The van der Waals surface area contributed by atoms with Gasteiger partial charge in [-0.25, -0.2) is 14.4 Å². The lowest BCUT2D eigenvalue weighted by Crippen LogP contribution is -2.44. The van der Waals surface area contributed by atoms with Crippen LogP contribution >= 0.6 is 0 Å². The van der Waals surface area contributed by atoms with Gasteiger partial charge in [-0.15, -0.1) is 0 Å². The number of benzene rings is 1. The quantitative estimate of drug-likeness (QED) is 0.622. The molecule has 0 aliphatic rings. The maximum Gasteiger partial charge on any atom is 0.410 e. The van der Waals surface area contributed by atoms with E-state index in [4.69, 9.17) is 9.47 Å².